The van der Waals surface area contributed by atoms with Crippen LogP contribution in [0.5, 0.6) is 0 Å². The highest BCUT2D eigenvalue weighted by Crippen LogP contribution is 2.15. The fourth-order valence-electron chi connectivity index (χ4n) is 1.68. The largest absolute Gasteiger partial charge is 0.382 e. The second-order valence-corrected chi connectivity index (χ2v) is 4.89. The molecule has 0 bridgehead atoms. The summed E-state index contributed by atoms with van der Waals surface area (Å²) in [7, 11) is 1.67. The molecule has 0 aromatic heterocycles. The van der Waals surface area contributed by atoms with Gasteiger partial charge in [0, 0.05) is 19.0 Å². The minimum atomic E-state index is -0.183. The van der Waals surface area contributed by atoms with E-state index in [1.165, 1.54) is 12.1 Å². The van der Waals surface area contributed by atoms with Crippen LogP contribution < -0.4 is 0 Å². The molecule has 1 aromatic carbocycles. The molecule has 1 rings (SSSR count). The number of methoxy groups -OCH3 is 1. The molecule has 0 spiro atoms. The van der Waals surface area contributed by atoms with Gasteiger partial charge in [-0.15, -0.1) is 0 Å². The molecule has 0 fully saturated rings. The van der Waals surface area contributed by atoms with Crippen molar-refractivity contribution in [2.45, 2.75) is 12.8 Å². The summed E-state index contributed by atoms with van der Waals surface area (Å²) >= 11 is 3.52. The van der Waals surface area contributed by atoms with Gasteiger partial charge in [0.25, 0.3) is 0 Å². The van der Waals surface area contributed by atoms with Crippen LogP contribution in [0.15, 0.2) is 24.3 Å². The zero-order chi connectivity index (χ0) is 13.2. The van der Waals surface area contributed by atoms with Crippen LogP contribution >= 0.6 is 15.9 Å². The lowest BCUT2D eigenvalue weighted by atomic mass is 9.98. The third-order valence-corrected chi connectivity index (χ3v) is 3.67. The lowest BCUT2D eigenvalue weighted by molar-refractivity contribution is 0.0648. The summed E-state index contributed by atoms with van der Waals surface area (Å²) in [6.07, 6.45) is 1.94. The van der Waals surface area contributed by atoms with Gasteiger partial charge < -0.3 is 9.47 Å². The molecule has 1 atom stereocenters. The Labute approximate surface area is 117 Å². The van der Waals surface area contributed by atoms with Crippen LogP contribution in [-0.4, -0.2) is 32.3 Å². The molecule has 2 nitrogen and oxygen atoms in total. The molecular formula is C14H20BrFO2. The Morgan fingerprint density at radius 3 is 2.50 bits per heavy atom. The SMILES string of the molecule is COCCOCCC(CBr)Cc1ccc(F)cc1. The maximum atomic E-state index is 12.8. The van der Waals surface area contributed by atoms with Gasteiger partial charge in [-0.3, -0.25) is 0 Å². The monoisotopic (exact) mass is 318 g/mol. The summed E-state index contributed by atoms with van der Waals surface area (Å²) < 4.78 is 23.2. The maximum absolute atomic E-state index is 12.8. The molecule has 1 unspecified atom stereocenters. The van der Waals surface area contributed by atoms with Gasteiger partial charge in [0.05, 0.1) is 13.2 Å². The highest BCUT2D eigenvalue weighted by Gasteiger charge is 2.08. The van der Waals surface area contributed by atoms with Gasteiger partial charge >= 0.3 is 0 Å². The molecule has 102 valence electrons. The van der Waals surface area contributed by atoms with Crippen molar-refractivity contribution in [3.05, 3.63) is 35.6 Å². The topological polar surface area (TPSA) is 18.5 Å². The normalized spacial score (nSPS) is 12.6. The molecule has 0 saturated carbocycles. The summed E-state index contributed by atoms with van der Waals surface area (Å²) in [6, 6.07) is 6.71. The molecule has 0 heterocycles. The van der Waals surface area contributed by atoms with Crippen molar-refractivity contribution in [1.29, 1.82) is 0 Å². The predicted octanol–water partition coefficient (Wildman–Crippen LogP) is 3.43. The maximum Gasteiger partial charge on any atom is 0.123 e. The van der Waals surface area contributed by atoms with Gasteiger partial charge in [-0.05, 0) is 36.5 Å². The van der Waals surface area contributed by atoms with Crippen LogP contribution in [0.3, 0.4) is 0 Å². The summed E-state index contributed by atoms with van der Waals surface area (Å²) in [5.41, 5.74) is 1.16. The molecule has 0 aliphatic heterocycles. The van der Waals surface area contributed by atoms with E-state index >= 15 is 0 Å². The van der Waals surface area contributed by atoms with Crippen LogP contribution in [0, 0.1) is 11.7 Å². The average Bonchev–Trinajstić information content (AvgIpc) is 2.39. The average molecular weight is 319 g/mol. The van der Waals surface area contributed by atoms with Crippen molar-refractivity contribution in [1.82, 2.24) is 0 Å². The van der Waals surface area contributed by atoms with E-state index in [9.17, 15) is 4.39 Å². The van der Waals surface area contributed by atoms with Crippen molar-refractivity contribution in [2.24, 2.45) is 5.92 Å². The Morgan fingerprint density at radius 2 is 1.89 bits per heavy atom. The molecule has 0 radical (unpaired) electrons. The van der Waals surface area contributed by atoms with Crippen molar-refractivity contribution < 1.29 is 13.9 Å². The molecule has 0 aliphatic carbocycles. The first-order valence-corrected chi connectivity index (χ1v) is 7.25. The Bertz CT molecular complexity index is 316. The molecule has 0 saturated heterocycles. The summed E-state index contributed by atoms with van der Waals surface area (Å²) in [5.74, 6) is 0.329. The zero-order valence-corrected chi connectivity index (χ0v) is 12.3. The summed E-state index contributed by atoms with van der Waals surface area (Å²) in [4.78, 5) is 0. The number of ether oxygens (including phenoxy) is 2. The first-order valence-electron chi connectivity index (χ1n) is 6.13. The van der Waals surface area contributed by atoms with E-state index in [2.05, 4.69) is 15.9 Å². The summed E-state index contributed by atoms with van der Waals surface area (Å²) in [6.45, 7) is 2.01. The lowest BCUT2D eigenvalue weighted by Crippen LogP contribution is -2.11. The highest BCUT2D eigenvalue weighted by molar-refractivity contribution is 9.09. The molecule has 4 heteroatoms. The molecular weight excluding hydrogens is 299 g/mol. The minimum absolute atomic E-state index is 0.183. The smallest absolute Gasteiger partial charge is 0.123 e. The highest BCUT2D eigenvalue weighted by atomic mass is 79.9. The lowest BCUT2D eigenvalue weighted by Gasteiger charge is -2.14. The van der Waals surface area contributed by atoms with Crippen molar-refractivity contribution in [3.8, 4) is 0 Å². The second-order valence-electron chi connectivity index (χ2n) is 4.24. The Balaban J connectivity index is 2.26. The standard InChI is InChI=1S/C14H20BrFO2/c1-17-8-9-18-7-6-13(11-15)10-12-2-4-14(16)5-3-12/h2-5,13H,6-11H2,1H3. The second kappa shape index (κ2) is 9.48. The molecule has 0 amide bonds. The third-order valence-electron chi connectivity index (χ3n) is 2.76. The Morgan fingerprint density at radius 1 is 1.17 bits per heavy atom. The quantitative estimate of drug-likeness (QED) is 0.513. The van der Waals surface area contributed by atoms with E-state index in [0.717, 1.165) is 30.3 Å². The first kappa shape index (κ1) is 15.6. The number of hydrogen-bond donors (Lipinski definition) is 0. The number of benzene rings is 1. The Hall–Kier alpha value is -0.450. The van der Waals surface area contributed by atoms with E-state index in [0.29, 0.717) is 19.1 Å². The van der Waals surface area contributed by atoms with Crippen molar-refractivity contribution in [2.75, 3.05) is 32.3 Å². The van der Waals surface area contributed by atoms with Gasteiger partial charge in [-0.2, -0.15) is 0 Å². The number of hydrogen-bond acceptors (Lipinski definition) is 2. The van der Waals surface area contributed by atoms with Crippen LogP contribution in [-0.2, 0) is 15.9 Å². The predicted molar refractivity (Wildman–Crippen MR) is 74.7 cm³/mol. The number of rotatable bonds is 9. The van der Waals surface area contributed by atoms with E-state index < -0.39 is 0 Å². The van der Waals surface area contributed by atoms with Crippen molar-refractivity contribution in [3.63, 3.8) is 0 Å². The van der Waals surface area contributed by atoms with Crippen molar-refractivity contribution >= 4 is 15.9 Å². The van der Waals surface area contributed by atoms with Crippen LogP contribution in [0.25, 0.3) is 0 Å². The third kappa shape index (κ3) is 6.47. The van der Waals surface area contributed by atoms with Gasteiger partial charge in [0.2, 0.25) is 0 Å². The molecule has 0 N–H and O–H groups in total. The zero-order valence-electron chi connectivity index (χ0n) is 10.7. The van der Waals surface area contributed by atoms with Crippen LogP contribution in [0.4, 0.5) is 4.39 Å². The molecule has 1 aromatic rings. The van der Waals surface area contributed by atoms with Crippen LogP contribution in [0.2, 0.25) is 0 Å². The van der Waals surface area contributed by atoms with Gasteiger partial charge in [0.15, 0.2) is 0 Å². The number of halogens is 2. The van der Waals surface area contributed by atoms with Gasteiger partial charge in [-0.25, -0.2) is 4.39 Å². The molecule has 18 heavy (non-hydrogen) atoms. The van der Waals surface area contributed by atoms with Gasteiger partial charge in [0.1, 0.15) is 5.82 Å². The van der Waals surface area contributed by atoms with E-state index in [1.807, 2.05) is 12.1 Å². The Kier molecular flexibility index (Phi) is 8.22. The fraction of sp³-hybridized carbons (Fsp3) is 0.571. The minimum Gasteiger partial charge on any atom is -0.382 e. The fourth-order valence-corrected chi connectivity index (χ4v) is 2.23. The number of alkyl halides is 1. The molecule has 0 aliphatic rings. The van der Waals surface area contributed by atoms with E-state index in [1.54, 1.807) is 7.11 Å². The van der Waals surface area contributed by atoms with Crippen LogP contribution in [0.1, 0.15) is 12.0 Å². The van der Waals surface area contributed by atoms with E-state index in [-0.39, 0.29) is 5.82 Å². The van der Waals surface area contributed by atoms with E-state index in [4.69, 9.17) is 9.47 Å². The first-order chi connectivity index (χ1) is 8.76. The van der Waals surface area contributed by atoms with Gasteiger partial charge in [-0.1, -0.05) is 28.1 Å². The summed E-state index contributed by atoms with van der Waals surface area (Å²) in [5, 5.41) is 0.929.